The number of H-pyrrole nitrogens is 2. The molecule has 3 aliphatic heterocycles. The van der Waals surface area contributed by atoms with Crippen LogP contribution in [0.2, 0.25) is 0 Å². The summed E-state index contributed by atoms with van der Waals surface area (Å²) in [6.45, 7) is 0. The largest absolute Gasteiger partial charge is 0.502 e. The molecule has 0 amide bonds. The lowest BCUT2D eigenvalue weighted by atomic mass is 9.87. The van der Waals surface area contributed by atoms with Crippen LogP contribution in [0.5, 0.6) is 11.5 Å². The molecular weight excluding hydrogens is 635 g/mol. The van der Waals surface area contributed by atoms with Gasteiger partial charge in [0.05, 0.1) is 27.0 Å². The first kappa shape index (κ1) is 29.0. The topological polar surface area (TPSA) is 183 Å². The number of rotatable bonds is 4. The van der Waals surface area contributed by atoms with Gasteiger partial charge in [0.1, 0.15) is 0 Å². The van der Waals surface area contributed by atoms with E-state index in [0.29, 0.717) is 33.9 Å². The number of nitro benzene ring substituents is 2. The van der Waals surface area contributed by atoms with E-state index in [-0.39, 0.29) is 11.3 Å². The molecule has 228 valence electrons. The van der Waals surface area contributed by atoms with E-state index in [2.05, 4.69) is 9.97 Å². The summed E-state index contributed by atoms with van der Waals surface area (Å²) in [4.78, 5) is 34.7. The molecule has 7 rings (SSSR count). The Morgan fingerprint density at radius 2 is 1.48 bits per heavy atom. The second kappa shape index (κ2) is 10.4. The van der Waals surface area contributed by atoms with Crippen LogP contribution in [0.15, 0.2) is 101 Å². The smallest absolute Gasteiger partial charge is 0.311 e. The highest BCUT2D eigenvalue weighted by Gasteiger charge is 2.54. The summed E-state index contributed by atoms with van der Waals surface area (Å²) < 4.78 is 0. The van der Waals surface area contributed by atoms with Gasteiger partial charge >= 0.3 is 11.4 Å². The fourth-order valence-electron chi connectivity index (χ4n) is 5.67. The number of hydrogen-bond donors (Lipinski definition) is 4. The number of halogens is 2. The number of fused-ring (bicyclic) bond motifs is 6. The molecule has 0 fully saturated rings. The Balaban J connectivity index is 1.54. The van der Waals surface area contributed by atoms with Crippen molar-refractivity contribution in [2.24, 2.45) is 9.98 Å². The van der Waals surface area contributed by atoms with E-state index in [9.17, 15) is 30.4 Å². The number of phenolic OH excluding ortho intramolecular Hbond substituents is 2. The third-order valence-electron chi connectivity index (χ3n) is 7.86. The first-order valence-electron chi connectivity index (χ1n) is 13.7. The lowest BCUT2D eigenvalue weighted by molar-refractivity contribution is -0.386. The number of allylic oxidation sites excluding steroid dienone is 4. The van der Waals surface area contributed by atoms with Gasteiger partial charge in [-0.25, -0.2) is 4.99 Å². The highest BCUT2D eigenvalue weighted by atomic mass is 35.5. The minimum absolute atomic E-state index is 0.158. The number of nitrogens with zero attached hydrogens (tertiary/aromatic N) is 4. The molecule has 5 heterocycles. The zero-order valence-corrected chi connectivity index (χ0v) is 24.8. The van der Waals surface area contributed by atoms with Crippen molar-refractivity contribution < 1.29 is 20.1 Å². The number of nitrogens with one attached hydrogen (secondary N) is 2. The van der Waals surface area contributed by atoms with Crippen LogP contribution in [0.4, 0.5) is 11.4 Å². The lowest BCUT2D eigenvalue weighted by Gasteiger charge is -2.36. The molecule has 8 bridgehead atoms. The Bertz CT molecular complexity index is 2300. The van der Waals surface area contributed by atoms with Crippen molar-refractivity contribution in [2.45, 2.75) is 9.87 Å². The van der Waals surface area contributed by atoms with Gasteiger partial charge in [-0.1, -0.05) is 23.7 Å². The molecule has 0 radical (unpaired) electrons. The average molecular weight is 655 g/mol. The summed E-state index contributed by atoms with van der Waals surface area (Å²) in [6, 6.07) is 14.9. The van der Waals surface area contributed by atoms with Crippen molar-refractivity contribution in [3.8, 4) is 11.5 Å². The maximum atomic E-state index is 11.8. The van der Waals surface area contributed by atoms with Gasteiger partial charge in [-0.3, -0.25) is 25.2 Å². The van der Waals surface area contributed by atoms with E-state index in [4.69, 9.17) is 33.2 Å². The van der Waals surface area contributed by atoms with Gasteiger partial charge < -0.3 is 20.2 Å². The summed E-state index contributed by atoms with van der Waals surface area (Å²) in [5, 5.41) is 45.5. The Hall–Kier alpha value is -5.72. The fourth-order valence-corrected chi connectivity index (χ4v) is 6.37. The van der Waals surface area contributed by atoms with Gasteiger partial charge in [-0.15, -0.1) is 11.6 Å². The molecular formula is C32H20Cl2N6O6. The molecule has 0 saturated heterocycles. The van der Waals surface area contributed by atoms with Crippen molar-refractivity contribution in [3.05, 3.63) is 144 Å². The Kier molecular flexibility index (Phi) is 6.58. The first-order valence-corrected chi connectivity index (χ1v) is 14.4. The van der Waals surface area contributed by atoms with Gasteiger partial charge in [-0.2, -0.15) is 0 Å². The van der Waals surface area contributed by atoms with E-state index >= 15 is 0 Å². The van der Waals surface area contributed by atoms with Crippen molar-refractivity contribution in [1.29, 1.82) is 0 Å². The molecule has 0 spiro atoms. The van der Waals surface area contributed by atoms with Crippen LogP contribution in [-0.2, 0) is 4.87 Å². The van der Waals surface area contributed by atoms with E-state index in [0.717, 1.165) is 22.8 Å². The molecule has 4 N–H and O–H groups in total. The third-order valence-corrected chi connectivity index (χ3v) is 9.16. The number of nitro groups is 2. The maximum absolute atomic E-state index is 11.8. The van der Waals surface area contributed by atoms with E-state index in [1.165, 1.54) is 30.3 Å². The second-order valence-electron chi connectivity index (χ2n) is 10.7. The lowest BCUT2D eigenvalue weighted by Crippen LogP contribution is -2.41. The summed E-state index contributed by atoms with van der Waals surface area (Å²) >= 11 is 14.9. The van der Waals surface area contributed by atoms with Crippen molar-refractivity contribution in [3.63, 3.8) is 0 Å². The summed E-state index contributed by atoms with van der Waals surface area (Å²) in [5.41, 5.74) is 1.96. The van der Waals surface area contributed by atoms with Crippen LogP contribution in [0.25, 0.3) is 17.7 Å². The molecule has 2 unspecified atom stereocenters. The standard InChI is InChI=1S/C32H20Cl2N6O6/c33-31-12-11-24(38-31)30(17-1-8-27(41)25(13-17)39(43)44)23-7-5-21(36-23)15-19-3-4-20(35-19)16-22-6-10-29(37-22)32(31,34)18-2-9-28(42)26(14-18)40(45)46/h1-16,35,37,41-42H. The minimum atomic E-state index is -1.83. The molecule has 2 aromatic heterocycles. The van der Waals surface area contributed by atoms with E-state index in [1.807, 2.05) is 24.3 Å². The van der Waals surface area contributed by atoms with Gasteiger partial charge in [0.15, 0.2) is 21.4 Å². The van der Waals surface area contributed by atoms with Crippen molar-refractivity contribution in [1.82, 2.24) is 9.97 Å². The number of aromatic nitrogens is 2. The number of aliphatic imine (C=N–C) groups is 2. The van der Waals surface area contributed by atoms with Crippen LogP contribution in [0.3, 0.4) is 0 Å². The molecule has 2 atom stereocenters. The number of benzene rings is 2. The summed E-state index contributed by atoms with van der Waals surface area (Å²) in [7, 11) is 0. The van der Waals surface area contributed by atoms with Gasteiger partial charge in [0.2, 0.25) is 0 Å². The molecule has 4 aromatic rings. The van der Waals surface area contributed by atoms with Crippen LogP contribution in [-0.4, -0.2) is 46.4 Å². The number of alkyl halides is 2. The van der Waals surface area contributed by atoms with E-state index < -0.39 is 42.6 Å². The molecule has 0 saturated carbocycles. The molecule has 2 aromatic carbocycles. The Morgan fingerprint density at radius 1 is 0.783 bits per heavy atom. The quantitative estimate of drug-likeness (QED) is 0.103. The van der Waals surface area contributed by atoms with Crippen molar-refractivity contribution in [2.75, 3.05) is 0 Å². The van der Waals surface area contributed by atoms with Crippen LogP contribution >= 0.6 is 23.2 Å². The average Bonchev–Trinajstić information content (AvgIpc) is 3.83. The number of phenols is 2. The fraction of sp³-hybridized carbons (Fsp3) is 0.0625. The Morgan fingerprint density at radius 3 is 2.22 bits per heavy atom. The third kappa shape index (κ3) is 4.62. The number of aromatic amines is 2. The maximum Gasteiger partial charge on any atom is 0.311 e. The second-order valence-corrected chi connectivity index (χ2v) is 11.8. The van der Waals surface area contributed by atoms with Gasteiger partial charge in [-0.05, 0) is 84.0 Å². The number of hydrogen-bond acceptors (Lipinski definition) is 8. The summed E-state index contributed by atoms with van der Waals surface area (Å²) in [6.07, 6.45) is 10.3. The van der Waals surface area contributed by atoms with Gasteiger partial charge in [0.25, 0.3) is 0 Å². The van der Waals surface area contributed by atoms with Crippen LogP contribution in [0.1, 0.15) is 22.5 Å². The molecule has 46 heavy (non-hydrogen) atoms. The molecule has 12 nitrogen and oxygen atoms in total. The highest BCUT2D eigenvalue weighted by Crippen LogP contribution is 2.54. The Labute approximate surface area is 268 Å². The van der Waals surface area contributed by atoms with Crippen LogP contribution < -0.4 is 10.7 Å². The normalized spacial score (nSPS) is 21.4. The summed E-state index contributed by atoms with van der Waals surface area (Å²) in [5.74, 6) is -1.07. The first-order chi connectivity index (χ1) is 21.9. The molecule has 0 aliphatic carbocycles. The zero-order valence-electron chi connectivity index (χ0n) is 23.3. The van der Waals surface area contributed by atoms with E-state index in [1.54, 1.807) is 30.4 Å². The molecule has 3 aliphatic rings. The van der Waals surface area contributed by atoms with Crippen molar-refractivity contribution >= 4 is 63.7 Å². The minimum Gasteiger partial charge on any atom is -0.502 e. The molecule has 14 heteroatoms. The van der Waals surface area contributed by atoms with Gasteiger partial charge in [0, 0.05) is 39.8 Å². The highest BCUT2D eigenvalue weighted by molar-refractivity contribution is 6.41. The number of aromatic hydroxyl groups is 2. The van der Waals surface area contributed by atoms with Crippen LogP contribution in [0, 0.1) is 20.2 Å². The predicted molar refractivity (Wildman–Crippen MR) is 174 cm³/mol. The predicted octanol–water partition coefficient (Wildman–Crippen LogP) is 5.04. The SMILES string of the molecule is O=[N+]([O-])c1cc(C2=C3C=CC(=N3)C=c3ccc([nH]3)=Cc3ccc([nH]3)C(Cl)(c3ccc(O)c([N+](=O)[O-])c3)C3(Cl)C=CC2=N3)ccc1O. The monoisotopic (exact) mass is 654 g/mol. The zero-order chi connectivity index (χ0) is 32.4.